The van der Waals surface area contributed by atoms with E-state index >= 15 is 0 Å². The summed E-state index contributed by atoms with van der Waals surface area (Å²) >= 11 is 0. The molecule has 0 unspecified atom stereocenters. The maximum Gasteiger partial charge on any atom is 0.137 e. The fraction of sp³-hybridized carbons (Fsp3) is 0.533. The lowest BCUT2D eigenvalue weighted by Gasteiger charge is -2.25. The molecule has 0 radical (unpaired) electrons. The number of furan rings is 1. The van der Waals surface area contributed by atoms with Gasteiger partial charge in [0.05, 0.1) is 0 Å². The Morgan fingerprint density at radius 1 is 1.00 bits per heavy atom. The molecule has 2 heterocycles. The Morgan fingerprint density at radius 2 is 1.65 bits per heavy atom. The Morgan fingerprint density at radius 3 is 2.18 bits per heavy atom. The summed E-state index contributed by atoms with van der Waals surface area (Å²) in [4.78, 5) is 4.22. The highest BCUT2D eigenvalue weighted by Crippen LogP contribution is 2.40. The van der Waals surface area contributed by atoms with Crippen LogP contribution in [0.5, 0.6) is 0 Å². The van der Waals surface area contributed by atoms with Crippen LogP contribution in [-0.2, 0) is 10.8 Å². The first kappa shape index (κ1) is 12.2. The van der Waals surface area contributed by atoms with Crippen LogP contribution in [0.15, 0.2) is 22.9 Å². The summed E-state index contributed by atoms with van der Waals surface area (Å²) in [5.74, 6) is 1.08. The molecule has 0 aliphatic carbocycles. The molecule has 2 rings (SSSR count). The van der Waals surface area contributed by atoms with Crippen molar-refractivity contribution in [1.29, 1.82) is 0 Å². The van der Waals surface area contributed by atoms with E-state index in [0.717, 1.165) is 16.7 Å². The molecule has 2 nitrogen and oxygen atoms in total. The first-order chi connectivity index (χ1) is 7.71. The highest BCUT2D eigenvalue weighted by Gasteiger charge is 2.31. The molecule has 0 aromatic carbocycles. The third kappa shape index (κ3) is 2.08. The van der Waals surface area contributed by atoms with E-state index in [2.05, 4.69) is 46.5 Å². The molecule has 0 spiro atoms. The van der Waals surface area contributed by atoms with Crippen molar-refractivity contribution in [3.8, 4) is 0 Å². The zero-order chi connectivity index (χ0) is 12.8. The molecule has 0 atom stereocenters. The van der Waals surface area contributed by atoms with Gasteiger partial charge in [-0.05, 0) is 11.5 Å². The Hall–Kier alpha value is -1.31. The number of pyridine rings is 1. The first-order valence-corrected chi connectivity index (χ1v) is 6.09. The summed E-state index contributed by atoms with van der Waals surface area (Å²) in [6.45, 7) is 13.2. The highest BCUT2D eigenvalue weighted by atomic mass is 16.3. The maximum atomic E-state index is 6.05. The number of hydrogen-bond acceptors (Lipinski definition) is 2. The number of hydrogen-bond donors (Lipinski definition) is 0. The minimum absolute atomic E-state index is 0.0155. The molecule has 0 aliphatic rings. The van der Waals surface area contributed by atoms with Gasteiger partial charge in [-0.2, -0.15) is 0 Å². The van der Waals surface area contributed by atoms with Gasteiger partial charge in [0, 0.05) is 28.8 Å². The van der Waals surface area contributed by atoms with Crippen LogP contribution in [-0.4, -0.2) is 4.98 Å². The first-order valence-electron chi connectivity index (χ1n) is 6.09. The molecular formula is C15H21NO. The maximum absolute atomic E-state index is 6.05. The number of aromatic nitrogens is 1. The molecule has 2 aromatic rings. The van der Waals surface area contributed by atoms with Crippen molar-refractivity contribution >= 4 is 11.0 Å². The van der Waals surface area contributed by atoms with Crippen molar-refractivity contribution in [3.63, 3.8) is 0 Å². The molecule has 0 fully saturated rings. The third-order valence-electron chi connectivity index (χ3n) is 2.92. The normalized spacial score (nSPS) is 13.3. The summed E-state index contributed by atoms with van der Waals surface area (Å²) in [5, 5.41) is 1.14. The zero-order valence-corrected chi connectivity index (χ0v) is 11.6. The van der Waals surface area contributed by atoms with Crippen LogP contribution in [0.2, 0.25) is 0 Å². The van der Waals surface area contributed by atoms with Gasteiger partial charge < -0.3 is 4.42 Å². The number of rotatable bonds is 0. The quantitative estimate of drug-likeness (QED) is 0.670. The van der Waals surface area contributed by atoms with Crippen LogP contribution in [0.4, 0.5) is 0 Å². The standard InChI is InChI=1S/C15H21NO/c1-14(2,3)12-10-9-16-8-7-11(10)17-13(12)15(4,5)6/h7-9H,1-6H3. The van der Waals surface area contributed by atoms with Crippen LogP contribution in [0.25, 0.3) is 11.0 Å². The van der Waals surface area contributed by atoms with Crippen molar-refractivity contribution < 1.29 is 4.42 Å². The summed E-state index contributed by atoms with van der Waals surface area (Å²) in [6, 6.07) is 1.94. The summed E-state index contributed by atoms with van der Waals surface area (Å²) in [6.07, 6.45) is 3.69. The largest absolute Gasteiger partial charge is 0.460 e. The fourth-order valence-corrected chi connectivity index (χ4v) is 2.21. The van der Waals surface area contributed by atoms with Gasteiger partial charge in [-0.25, -0.2) is 0 Å². The molecule has 92 valence electrons. The second-order valence-electron chi connectivity index (χ2n) is 6.68. The molecule has 0 bridgehead atoms. The summed E-state index contributed by atoms with van der Waals surface area (Å²) < 4.78 is 6.05. The molecule has 0 saturated carbocycles. The van der Waals surface area contributed by atoms with Crippen molar-refractivity contribution in [2.75, 3.05) is 0 Å². The van der Waals surface area contributed by atoms with Gasteiger partial charge in [0.2, 0.25) is 0 Å². The van der Waals surface area contributed by atoms with E-state index in [9.17, 15) is 0 Å². The Kier molecular flexibility index (Phi) is 2.57. The lowest BCUT2D eigenvalue weighted by Crippen LogP contribution is -2.20. The Labute approximate surface area is 103 Å². The molecular weight excluding hydrogens is 210 g/mol. The van der Waals surface area contributed by atoms with E-state index < -0.39 is 0 Å². The van der Waals surface area contributed by atoms with Crippen molar-refractivity contribution in [1.82, 2.24) is 4.98 Å². The van der Waals surface area contributed by atoms with Gasteiger partial charge >= 0.3 is 0 Å². The van der Waals surface area contributed by atoms with E-state index in [1.54, 1.807) is 6.20 Å². The van der Waals surface area contributed by atoms with Crippen LogP contribution < -0.4 is 0 Å². The average Bonchev–Trinajstić information content (AvgIpc) is 2.54. The topological polar surface area (TPSA) is 26.0 Å². The van der Waals surface area contributed by atoms with Gasteiger partial charge in [0.15, 0.2) is 0 Å². The highest BCUT2D eigenvalue weighted by molar-refractivity contribution is 5.82. The SMILES string of the molecule is CC(C)(C)c1oc2ccncc2c1C(C)(C)C. The Bertz CT molecular complexity index is 538. The van der Waals surface area contributed by atoms with Gasteiger partial charge in [0.25, 0.3) is 0 Å². The monoisotopic (exact) mass is 231 g/mol. The van der Waals surface area contributed by atoms with E-state index in [0.29, 0.717) is 0 Å². The lowest BCUT2D eigenvalue weighted by atomic mass is 9.79. The second-order valence-corrected chi connectivity index (χ2v) is 6.68. The van der Waals surface area contributed by atoms with Crippen LogP contribution in [0, 0.1) is 0 Å². The van der Waals surface area contributed by atoms with E-state index in [4.69, 9.17) is 4.42 Å². The molecule has 0 saturated heterocycles. The molecule has 0 aliphatic heterocycles. The summed E-state index contributed by atoms with van der Waals surface area (Å²) in [5.41, 5.74) is 2.31. The number of fused-ring (bicyclic) bond motifs is 1. The van der Waals surface area contributed by atoms with Gasteiger partial charge in [-0.15, -0.1) is 0 Å². The lowest BCUT2D eigenvalue weighted by molar-refractivity contribution is 0.409. The van der Waals surface area contributed by atoms with E-state index in [1.165, 1.54) is 5.56 Å². The minimum atomic E-state index is 0.0155. The molecule has 17 heavy (non-hydrogen) atoms. The molecule has 0 amide bonds. The Balaban J connectivity index is 2.84. The zero-order valence-electron chi connectivity index (χ0n) is 11.6. The summed E-state index contributed by atoms with van der Waals surface area (Å²) in [7, 11) is 0. The van der Waals surface area contributed by atoms with Gasteiger partial charge in [0.1, 0.15) is 11.3 Å². The van der Waals surface area contributed by atoms with E-state index in [-0.39, 0.29) is 10.8 Å². The molecule has 2 heteroatoms. The third-order valence-corrected chi connectivity index (χ3v) is 2.92. The molecule has 2 aromatic heterocycles. The van der Waals surface area contributed by atoms with Crippen LogP contribution >= 0.6 is 0 Å². The van der Waals surface area contributed by atoms with Crippen LogP contribution in [0.1, 0.15) is 52.9 Å². The second kappa shape index (κ2) is 3.59. The van der Waals surface area contributed by atoms with Crippen molar-refractivity contribution in [2.24, 2.45) is 0 Å². The minimum Gasteiger partial charge on any atom is -0.460 e. The fourth-order valence-electron chi connectivity index (χ4n) is 2.21. The van der Waals surface area contributed by atoms with Crippen molar-refractivity contribution in [3.05, 3.63) is 29.8 Å². The van der Waals surface area contributed by atoms with Crippen LogP contribution in [0.3, 0.4) is 0 Å². The van der Waals surface area contributed by atoms with E-state index in [1.807, 2.05) is 12.3 Å². The smallest absolute Gasteiger partial charge is 0.137 e. The molecule has 0 N–H and O–H groups in total. The van der Waals surface area contributed by atoms with Crippen molar-refractivity contribution in [2.45, 2.75) is 52.4 Å². The van der Waals surface area contributed by atoms with Gasteiger partial charge in [-0.1, -0.05) is 41.5 Å². The predicted molar refractivity (Wildman–Crippen MR) is 71.4 cm³/mol. The predicted octanol–water partition coefficient (Wildman–Crippen LogP) is 4.42. The van der Waals surface area contributed by atoms with Gasteiger partial charge in [-0.3, -0.25) is 4.98 Å². The number of nitrogens with zero attached hydrogens (tertiary/aromatic N) is 1. The average molecular weight is 231 g/mol.